The fraction of sp³-hybridized carbons (Fsp3) is 0.0667. The van der Waals surface area contributed by atoms with Gasteiger partial charge in [-0.1, -0.05) is 28.1 Å². The second-order valence-corrected chi connectivity index (χ2v) is 5.98. The van der Waals surface area contributed by atoms with E-state index in [0.29, 0.717) is 0 Å². The number of halogens is 1. The molecule has 0 unspecified atom stereocenters. The van der Waals surface area contributed by atoms with Crippen molar-refractivity contribution in [3.63, 3.8) is 0 Å². The molecule has 0 aliphatic heterocycles. The topological polar surface area (TPSA) is 52.3 Å². The Balaban J connectivity index is 1.67. The van der Waals surface area contributed by atoms with Crippen molar-refractivity contribution >= 4 is 33.2 Å². The molecular formula is C15H10BrNO3S. The van der Waals surface area contributed by atoms with Crippen molar-refractivity contribution in [3.8, 4) is 10.6 Å². The summed E-state index contributed by atoms with van der Waals surface area (Å²) in [5, 5.41) is 2.77. The van der Waals surface area contributed by atoms with Gasteiger partial charge < -0.3 is 9.15 Å². The quantitative estimate of drug-likeness (QED) is 0.639. The number of benzene rings is 1. The van der Waals surface area contributed by atoms with Crippen LogP contribution in [0.15, 0.2) is 56.9 Å². The normalized spacial score (nSPS) is 10.5. The molecule has 0 aliphatic rings. The van der Waals surface area contributed by atoms with E-state index < -0.39 is 5.97 Å². The van der Waals surface area contributed by atoms with Crippen LogP contribution in [0.2, 0.25) is 0 Å². The van der Waals surface area contributed by atoms with Crippen LogP contribution >= 0.6 is 27.3 Å². The Labute approximate surface area is 133 Å². The Kier molecular flexibility index (Phi) is 4.17. The average molecular weight is 364 g/mol. The third-order valence-electron chi connectivity index (χ3n) is 2.70. The number of furan rings is 1. The van der Waals surface area contributed by atoms with Crippen LogP contribution in [-0.2, 0) is 11.3 Å². The first-order chi connectivity index (χ1) is 10.2. The van der Waals surface area contributed by atoms with E-state index in [1.807, 2.05) is 29.6 Å². The first kappa shape index (κ1) is 14.0. The molecule has 4 nitrogen and oxygen atoms in total. The summed E-state index contributed by atoms with van der Waals surface area (Å²) in [4.78, 5) is 16.1. The number of nitrogens with zero attached hydrogens (tertiary/aromatic N) is 1. The van der Waals surface area contributed by atoms with Gasteiger partial charge in [0.15, 0.2) is 0 Å². The third-order valence-corrected chi connectivity index (χ3v) is 4.13. The van der Waals surface area contributed by atoms with E-state index in [1.165, 1.54) is 17.6 Å². The van der Waals surface area contributed by atoms with Gasteiger partial charge in [0.1, 0.15) is 11.6 Å². The molecule has 0 saturated carbocycles. The maximum absolute atomic E-state index is 11.7. The fourth-order valence-corrected chi connectivity index (χ4v) is 2.93. The van der Waals surface area contributed by atoms with Crippen molar-refractivity contribution in [1.29, 1.82) is 0 Å². The minimum absolute atomic E-state index is 0.129. The molecule has 0 fully saturated rings. The zero-order chi connectivity index (χ0) is 14.7. The molecule has 0 aliphatic carbocycles. The molecule has 0 spiro atoms. The monoisotopic (exact) mass is 363 g/mol. The minimum Gasteiger partial charge on any atom is -0.457 e. The van der Waals surface area contributed by atoms with E-state index in [1.54, 1.807) is 12.1 Å². The molecule has 0 amide bonds. The number of thiazole rings is 1. The van der Waals surface area contributed by atoms with Crippen LogP contribution in [0.3, 0.4) is 0 Å². The molecular weight excluding hydrogens is 354 g/mol. The lowest BCUT2D eigenvalue weighted by molar-refractivity contribution is 0.0432. The summed E-state index contributed by atoms with van der Waals surface area (Å²) in [7, 11) is 0. The Bertz CT molecular complexity index is 752. The lowest BCUT2D eigenvalue weighted by atomic mass is 10.2. The van der Waals surface area contributed by atoms with Crippen LogP contribution in [0.4, 0.5) is 0 Å². The van der Waals surface area contributed by atoms with Gasteiger partial charge in [0, 0.05) is 15.4 Å². The highest BCUT2D eigenvalue weighted by Crippen LogP contribution is 2.26. The second-order valence-electron chi connectivity index (χ2n) is 4.21. The summed E-state index contributed by atoms with van der Waals surface area (Å²) in [6.45, 7) is 0.129. The van der Waals surface area contributed by atoms with E-state index in [0.717, 1.165) is 20.7 Å². The van der Waals surface area contributed by atoms with Crippen molar-refractivity contribution in [1.82, 2.24) is 4.98 Å². The predicted octanol–water partition coefficient (Wildman–Crippen LogP) is 4.52. The van der Waals surface area contributed by atoms with Gasteiger partial charge in [-0.3, -0.25) is 0 Å². The molecule has 2 aromatic heterocycles. The molecule has 1 aromatic carbocycles. The first-order valence-electron chi connectivity index (χ1n) is 6.13. The van der Waals surface area contributed by atoms with Gasteiger partial charge in [-0.05, 0) is 24.3 Å². The molecule has 21 heavy (non-hydrogen) atoms. The van der Waals surface area contributed by atoms with Gasteiger partial charge in [-0.25, -0.2) is 9.78 Å². The molecule has 0 radical (unpaired) electrons. The molecule has 106 valence electrons. The highest BCUT2D eigenvalue weighted by Gasteiger charge is 2.12. The lowest BCUT2D eigenvalue weighted by Crippen LogP contribution is -2.04. The summed E-state index contributed by atoms with van der Waals surface area (Å²) in [5.74, 6) is -0.297. The summed E-state index contributed by atoms with van der Waals surface area (Å²) in [6, 6.07) is 11.1. The lowest BCUT2D eigenvalue weighted by Gasteiger charge is -2.00. The van der Waals surface area contributed by atoms with Crippen molar-refractivity contribution in [3.05, 3.63) is 64.0 Å². The number of ether oxygens (including phenoxy) is 1. The van der Waals surface area contributed by atoms with Gasteiger partial charge in [0.25, 0.3) is 0 Å². The van der Waals surface area contributed by atoms with Crippen LogP contribution in [-0.4, -0.2) is 11.0 Å². The van der Waals surface area contributed by atoms with Gasteiger partial charge in [-0.15, -0.1) is 11.3 Å². The van der Waals surface area contributed by atoms with Crippen molar-refractivity contribution in [2.45, 2.75) is 6.61 Å². The molecule has 0 bridgehead atoms. The van der Waals surface area contributed by atoms with Gasteiger partial charge in [0.2, 0.25) is 5.76 Å². The molecule has 2 heterocycles. The largest absolute Gasteiger partial charge is 0.457 e. The van der Waals surface area contributed by atoms with Crippen molar-refractivity contribution < 1.29 is 13.9 Å². The number of hydrogen-bond acceptors (Lipinski definition) is 5. The van der Waals surface area contributed by atoms with Crippen LogP contribution in [0, 0.1) is 0 Å². The van der Waals surface area contributed by atoms with E-state index in [4.69, 9.17) is 9.15 Å². The van der Waals surface area contributed by atoms with Crippen LogP contribution in [0.5, 0.6) is 0 Å². The summed E-state index contributed by atoms with van der Waals surface area (Å²) in [6.07, 6.45) is 1.44. The Morgan fingerprint density at radius 1 is 1.33 bits per heavy atom. The summed E-state index contributed by atoms with van der Waals surface area (Å²) < 4.78 is 11.1. The number of rotatable bonds is 4. The molecule has 3 aromatic rings. The highest BCUT2D eigenvalue weighted by molar-refractivity contribution is 9.10. The maximum Gasteiger partial charge on any atom is 0.374 e. The summed E-state index contributed by atoms with van der Waals surface area (Å²) >= 11 is 4.95. The number of esters is 1. The first-order valence-corrected chi connectivity index (χ1v) is 7.80. The minimum atomic E-state index is -0.489. The zero-order valence-corrected chi connectivity index (χ0v) is 13.2. The van der Waals surface area contributed by atoms with Gasteiger partial charge in [-0.2, -0.15) is 0 Å². The van der Waals surface area contributed by atoms with Gasteiger partial charge in [0.05, 0.1) is 12.0 Å². The number of aromatic nitrogens is 1. The molecule has 0 atom stereocenters. The second kappa shape index (κ2) is 6.24. The van der Waals surface area contributed by atoms with Crippen LogP contribution < -0.4 is 0 Å². The SMILES string of the molecule is O=C(OCc1csc(-c2cccc(Br)c2)n1)c1ccco1. The average Bonchev–Trinajstić information content (AvgIpc) is 3.16. The van der Waals surface area contributed by atoms with Crippen molar-refractivity contribution in [2.75, 3.05) is 0 Å². The predicted molar refractivity (Wildman–Crippen MR) is 83.1 cm³/mol. The number of carbonyl (C=O) groups is 1. The Morgan fingerprint density at radius 3 is 3.00 bits per heavy atom. The molecule has 3 rings (SSSR count). The third kappa shape index (κ3) is 3.40. The van der Waals surface area contributed by atoms with E-state index >= 15 is 0 Å². The van der Waals surface area contributed by atoms with Crippen LogP contribution in [0.1, 0.15) is 16.2 Å². The smallest absolute Gasteiger partial charge is 0.374 e. The number of carbonyl (C=O) groups excluding carboxylic acids is 1. The standard InChI is InChI=1S/C15H10BrNO3S/c16-11-4-1-3-10(7-11)14-17-12(9-21-14)8-20-15(18)13-5-2-6-19-13/h1-7,9H,8H2. The van der Waals surface area contributed by atoms with Crippen molar-refractivity contribution in [2.24, 2.45) is 0 Å². The van der Waals surface area contributed by atoms with E-state index in [9.17, 15) is 4.79 Å². The van der Waals surface area contributed by atoms with E-state index in [2.05, 4.69) is 20.9 Å². The van der Waals surface area contributed by atoms with Gasteiger partial charge >= 0.3 is 5.97 Å². The number of hydrogen-bond donors (Lipinski definition) is 0. The Hall–Kier alpha value is -1.92. The highest BCUT2D eigenvalue weighted by atomic mass is 79.9. The summed E-state index contributed by atoms with van der Waals surface area (Å²) in [5.41, 5.74) is 1.74. The maximum atomic E-state index is 11.7. The zero-order valence-electron chi connectivity index (χ0n) is 10.8. The molecule has 0 N–H and O–H groups in total. The van der Waals surface area contributed by atoms with E-state index in [-0.39, 0.29) is 12.4 Å². The molecule has 0 saturated heterocycles. The van der Waals surface area contributed by atoms with Crippen LogP contribution in [0.25, 0.3) is 10.6 Å². The fourth-order valence-electron chi connectivity index (χ4n) is 1.73. The molecule has 6 heteroatoms. The Morgan fingerprint density at radius 2 is 2.24 bits per heavy atom.